The molecule has 102 valence electrons. The van der Waals surface area contributed by atoms with Crippen molar-refractivity contribution in [2.24, 2.45) is 5.10 Å². The van der Waals surface area contributed by atoms with Gasteiger partial charge in [-0.1, -0.05) is 22.0 Å². The van der Waals surface area contributed by atoms with Gasteiger partial charge in [-0.3, -0.25) is 5.43 Å². The minimum atomic E-state index is 0.434. The van der Waals surface area contributed by atoms with Crippen LogP contribution in [0.5, 0.6) is 5.75 Å². The first-order valence-electron chi connectivity index (χ1n) is 5.29. The van der Waals surface area contributed by atoms with Gasteiger partial charge in [0.1, 0.15) is 5.75 Å². The lowest BCUT2D eigenvalue weighted by atomic mass is 10.2. The molecule has 0 saturated carbocycles. The molecule has 1 aromatic carbocycles. The van der Waals surface area contributed by atoms with Crippen LogP contribution in [0.4, 0.5) is 0 Å². The van der Waals surface area contributed by atoms with Crippen LogP contribution in [0.3, 0.4) is 0 Å². The second-order valence-electron chi connectivity index (χ2n) is 3.38. The van der Waals surface area contributed by atoms with Crippen molar-refractivity contribution < 1.29 is 4.74 Å². The van der Waals surface area contributed by atoms with E-state index in [0.29, 0.717) is 17.4 Å². The molecule has 0 unspecified atom stereocenters. The highest BCUT2D eigenvalue weighted by Gasteiger charge is 2.07. The van der Waals surface area contributed by atoms with Crippen molar-refractivity contribution >= 4 is 55.4 Å². The second kappa shape index (κ2) is 8.29. The Kier molecular flexibility index (Phi) is 7.04. The second-order valence-corrected chi connectivity index (χ2v) is 5.56. The average molecular weight is 407 g/mol. The van der Waals surface area contributed by atoms with Crippen molar-refractivity contribution in [2.75, 3.05) is 13.7 Å². The molecule has 7 heteroatoms. The molecule has 0 amide bonds. The van der Waals surface area contributed by atoms with Gasteiger partial charge >= 0.3 is 0 Å². The van der Waals surface area contributed by atoms with Crippen LogP contribution >= 0.6 is 44.1 Å². The van der Waals surface area contributed by atoms with E-state index in [2.05, 4.69) is 54.3 Å². The minimum absolute atomic E-state index is 0.434. The molecule has 0 aliphatic carbocycles. The number of benzene rings is 1. The van der Waals surface area contributed by atoms with Gasteiger partial charge in [-0.15, -0.1) is 6.58 Å². The lowest BCUT2D eigenvalue weighted by Crippen LogP contribution is -2.31. The van der Waals surface area contributed by atoms with Crippen LogP contribution in [-0.2, 0) is 0 Å². The third kappa shape index (κ3) is 5.30. The summed E-state index contributed by atoms with van der Waals surface area (Å²) >= 11 is 11.9. The quantitative estimate of drug-likeness (QED) is 0.341. The maximum atomic E-state index is 5.31. The van der Waals surface area contributed by atoms with E-state index in [-0.39, 0.29) is 0 Å². The summed E-state index contributed by atoms with van der Waals surface area (Å²) in [6, 6.07) is 3.80. The van der Waals surface area contributed by atoms with Crippen molar-refractivity contribution in [2.45, 2.75) is 0 Å². The number of rotatable bonds is 5. The Morgan fingerprint density at radius 3 is 2.89 bits per heavy atom. The number of halogens is 2. The third-order valence-electron chi connectivity index (χ3n) is 2.02. The van der Waals surface area contributed by atoms with Crippen LogP contribution in [0.25, 0.3) is 0 Å². The summed E-state index contributed by atoms with van der Waals surface area (Å²) in [6.07, 6.45) is 3.35. The van der Waals surface area contributed by atoms with Crippen LogP contribution in [0.2, 0.25) is 0 Å². The van der Waals surface area contributed by atoms with Gasteiger partial charge in [0.25, 0.3) is 0 Å². The largest absolute Gasteiger partial charge is 0.495 e. The van der Waals surface area contributed by atoms with E-state index in [4.69, 9.17) is 17.0 Å². The van der Waals surface area contributed by atoms with E-state index >= 15 is 0 Å². The van der Waals surface area contributed by atoms with Crippen molar-refractivity contribution in [1.82, 2.24) is 10.7 Å². The molecular weight excluding hydrogens is 394 g/mol. The predicted octanol–water partition coefficient (Wildman–Crippen LogP) is 3.20. The Balaban J connectivity index is 2.76. The third-order valence-corrected chi connectivity index (χ3v) is 3.30. The molecule has 19 heavy (non-hydrogen) atoms. The molecule has 0 saturated heterocycles. The molecule has 0 heterocycles. The molecule has 0 bridgehead atoms. The standard InChI is InChI=1S/C12H13Br2N3OS/c1-3-4-15-12(19)17-16-7-8-5-9(13)6-10(14)11(8)18-2/h3,5-7H,1,4H2,2H3,(H2,15,17,19)/b16-7+. The monoisotopic (exact) mass is 405 g/mol. The molecule has 0 aliphatic heterocycles. The van der Waals surface area contributed by atoms with E-state index in [1.54, 1.807) is 19.4 Å². The zero-order valence-corrected chi connectivity index (χ0v) is 14.2. The molecule has 0 fully saturated rings. The highest BCUT2D eigenvalue weighted by atomic mass is 79.9. The normalized spacial score (nSPS) is 10.3. The number of thiocarbonyl (C=S) groups is 1. The van der Waals surface area contributed by atoms with Gasteiger partial charge in [0.2, 0.25) is 0 Å². The number of nitrogens with one attached hydrogen (secondary N) is 2. The molecule has 2 N–H and O–H groups in total. The summed E-state index contributed by atoms with van der Waals surface area (Å²) in [7, 11) is 1.61. The fourth-order valence-corrected chi connectivity index (χ4v) is 2.81. The fraction of sp³-hybridized carbons (Fsp3) is 0.167. The molecule has 0 aromatic heterocycles. The fourth-order valence-electron chi connectivity index (χ4n) is 1.26. The number of ether oxygens (including phenoxy) is 1. The van der Waals surface area contributed by atoms with Crippen LogP contribution in [-0.4, -0.2) is 25.0 Å². The highest BCUT2D eigenvalue weighted by Crippen LogP contribution is 2.31. The lowest BCUT2D eigenvalue weighted by Gasteiger charge is -2.08. The summed E-state index contributed by atoms with van der Waals surface area (Å²) in [5.41, 5.74) is 3.53. The summed E-state index contributed by atoms with van der Waals surface area (Å²) in [5.74, 6) is 0.707. The van der Waals surface area contributed by atoms with Crippen molar-refractivity contribution in [3.05, 3.63) is 39.3 Å². The summed E-state index contributed by atoms with van der Waals surface area (Å²) in [6.45, 7) is 4.18. The zero-order valence-electron chi connectivity index (χ0n) is 10.2. The van der Waals surface area contributed by atoms with Gasteiger partial charge in [0.05, 0.1) is 17.8 Å². The maximum Gasteiger partial charge on any atom is 0.187 e. The average Bonchev–Trinajstić information content (AvgIpc) is 2.36. The first kappa shape index (κ1) is 16.1. The van der Waals surface area contributed by atoms with Crippen molar-refractivity contribution in [3.8, 4) is 5.75 Å². The zero-order chi connectivity index (χ0) is 14.3. The first-order valence-corrected chi connectivity index (χ1v) is 7.28. The van der Waals surface area contributed by atoms with Gasteiger partial charge in [0.15, 0.2) is 5.11 Å². The lowest BCUT2D eigenvalue weighted by molar-refractivity contribution is 0.411. The first-order chi connectivity index (χ1) is 9.08. The molecule has 0 atom stereocenters. The number of methoxy groups -OCH3 is 1. The van der Waals surface area contributed by atoms with E-state index in [9.17, 15) is 0 Å². The van der Waals surface area contributed by atoms with E-state index in [1.807, 2.05) is 12.1 Å². The SMILES string of the molecule is C=CCNC(=S)N/N=C/c1cc(Br)cc(Br)c1OC. The molecule has 0 aliphatic rings. The number of hydrogen-bond donors (Lipinski definition) is 2. The topological polar surface area (TPSA) is 45.7 Å². The molecular formula is C12H13Br2N3OS. The summed E-state index contributed by atoms with van der Waals surface area (Å²) < 4.78 is 7.08. The summed E-state index contributed by atoms with van der Waals surface area (Å²) in [4.78, 5) is 0. The Hall–Kier alpha value is -0.920. The minimum Gasteiger partial charge on any atom is -0.495 e. The number of hydrogen-bond acceptors (Lipinski definition) is 3. The highest BCUT2D eigenvalue weighted by molar-refractivity contribution is 9.11. The van der Waals surface area contributed by atoms with Crippen LogP contribution < -0.4 is 15.5 Å². The van der Waals surface area contributed by atoms with Gasteiger partial charge in [-0.2, -0.15) is 5.10 Å². The van der Waals surface area contributed by atoms with Crippen molar-refractivity contribution in [1.29, 1.82) is 0 Å². The van der Waals surface area contributed by atoms with E-state index in [0.717, 1.165) is 14.5 Å². The predicted molar refractivity (Wildman–Crippen MR) is 89.9 cm³/mol. The molecule has 0 radical (unpaired) electrons. The Labute approximate surface area is 134 Å². The smallest absolute Gasteiger partial charge is 0.187 e. The van der Waals surface area contributed by atoms with Crippen LogP contribution in [0, 0.1) is 0 Å². The van der Waals surface area contributed by atoms with Gasteiger partial charge in [-0.25, -0.2) is 0 Å². The van der Waals surface area contributed by atoms with Crippen LogP contribution in [0.1, 0.15) is 5.56 Å². The number of hydrazone groups is 1. The molecule has 1 aromatic rings. The van der Waals surface area contributed by atoms with E-state index in [1.165, 1.54) is 0 Å². The van der Waals surface area contributed by atoms with Crippen LogP contribution in [0.15, 0.2) is 38.8 Å². The molecule has 4 nitrogen and oxygen atoms in total. The van der Waals surface area contributed by atoms with E-state index < -0.39 is 0 Å². The van der Waals surface area contributed by atoms with Crippen molar-refractivity contribution in [3.63, 3.8) is 0 Å². The van der Waals surface area contributed by atoms with Gasteiger partial charge in [-0.05, 0) is 40.3 Å². The van der Waals surface area contributed by atoms with Gasteiger partial charge < -0.3 is 10.1 Å². The number of nitrogens with zero attached hydrogens (tertiary/aromatic N) is 1. The Morgan fingerprint density at radius 1 is 1.53 bits per heavy atom. The molecule has 1 rings (SSSR count). The van der Waals surface area contributed by atoms with Gasteiger partial charge in [0, 0.05) is 16.6 Å². The summed E-state index contributed by atoms with van der Waals surface area (Å²) in [5, 5.41) is 7.39. The Bertz CT molecular complexity index is 506. The Morgan fingerprint density at radius 2 is 2.26 bits per heavy atom. The maximum absolute atomic E-state index is 5.31. The molecule has 0 spiro atoms.